The Kier molecular flexibility index (Phi) is 6.65. The van der Waals surface area contributed by atoms with Crippen molar-refractivity contribution >= 4 is 17.5 Å². The lowest BCUT2D eigenvalue weighted by atomic mass is 10.1. The topological polar surface area (TPSA) is 35.5 Å². The van der Waals surface area contributed by atoms with Crippen LogP contribution in [-0.4, -0.2) is 25.3 Å². The molecule has 0 N–H and O–H groups in total. The lowest BCUT2D eigenvalue weighted by Crippen LogP contribution is -2.27. The van der Waals surface area contributed by atoms with E-state index in [0.717, 1.165) is 4.90 Å². The summed E-state index contributed by atoms with van der Waals surface area (Å²) in [6.45, 7) is 4.58. The minimum atomic E-state index is -0.817. The van der Waals surface area contributed by atoms with Crippen LogP contribution in [0, 0.1) is 0 Å². The molecule has 22 heavy (non-hydrogen) atoms. The first-order chi connectivity index (χ1) is 10.7. The average molecular weight is 316 g/mol. The molecule has 2 rings (SSSR count). The van der Waals surface area contributed by atoms with E-state index in [-0.39, 0.29) is 5.78 Å². The second kappa shape index (κ2) is 8.73. The summed E-state index contributed by atoms with van der Waals surface area (Å²) in [7, 11) is 0. The van der Waals surface area contributed by atoms with Gasteiger partial charge in [-0.1, -0.05) is 42.1 Å². The van der Waals surface area contributed by atoms with E-state index in [1.807, 2.05) is 56.3 Å². The second-order valence-electron chi connectivity index (χ2n) is 4.55. The van der Waals surface area contributed by atoms with Crippen LogP contribution in [0.1, 0.15) is 24.2 Å². The van der Waals surface area contributed by atoms with Crippen molar-refractivity contribution in [3.63, 3.8) is 0 Å². The van der Waals surface area contributed by atoms with Gasteiger partial charge in [-0.2, -0.15) is 0 Å². The molecule has 116 valence electrons. The summed E-state index contributed by atoms with van der Waals surface area (Å²) in [6.07, 6.45) is -0.817. The fraction of sp³-hybridized carbons (Fsp3) is 0.278. The molecular weight excluding hydrogens is 296 g/mol. The van der Waals surface area contributed by atoms with Crippen LogP contribution in [0.4, 0.5) is 0 Å². The summed E-state index contributed by atoms with van der Waals surface area (Å²) in [4.78, 5) is 14.6. The Morgan fingerprint density at radius 2 is 1.45 bits per heavy atom. The fourth-order valence-electron chi connectivity index (χ4n) is 1.95. The van der Waals surface area contributed by atoms with Crippen molar-refractivity contribution in [2.24, 2.45) is 0 Å². The molecule has 0 bridgehead atoms. The molecule has 0 saturated heterocycles. The van der Waals surface area contributed by atoms with Crippen LogP contribution in [0.2, 0.25) is 0 Å². The number of ether oxygens (including phenoxy) is 2. The highest BCUT2D eigenvalue weighted by Crippen LogP contribution is 2.27. The van der Waals surface area contributed by atoms with E-state index in [1.165, 1.54) is 4.90 Å². The Bertz CT molecular complexity index is 575. The minimum Gasteiger partial charge on any atom is -0.346 e. The van der Waals surface area contributed by atoms with Gasteiger partial charge in [0.2, 0.25) is 12.1 Å². The van der Waals surface area contributed by atoms with E-state index in [2.05, 4.69) is 12.1 Å². The minimum absolute atomic E-state index is 0.139. The molecule has 0 amide bonds. The van der Waals surface area contributed by atoms with E-state index >= 15 is 0 Å². The van der Waals surface area contributed by atoms with E-state index in [0.29, 0.717) is 18.8 Å². The van der Waals surface area contributed by atoms with Gasteiger partial charge in [0.25, 0.3) is 0 Å². The van der Waals surface area contributed by atoms with Crippen molar-refractivity contribution in [3.05, 3.63) is 60.2 Å². The number of hydrogen-bond acceptors (Lipinski definition) is 4. The van der Waals surface area contributed by atoms with Gasteiger partial charge in [0.05, 0.1) is 0 Å². The number of benzene rings is 2. The van der Waals surface area contributed by atoms with E-state index < -0.39 is 6.29 Å². The third-order valence-electron chi connectivity index (χ3n) is 2.97. The van der Waals surface area contributed by atoms with Gasteiger partial charge >= 0.3 is 0 Å². The van der Waals surface area contributed by atoms with Crippen LogP contribution in [0.3, 0.4) is 0 Å². The number of carbonyl (C=O) groups excluding carboxylic acids is 1. The lowest BCUT2D eigenvalue weighted by molar-refractivity contribution is -0.107. The normalized spacial score (nSPS) is 10.9. The zero-order valence-electron chi connectivity index (χ0n) is 12.8. The van der Waals surface area contributed by atoms with Crippen molar-refractivity contribution < 1.29 is 14.3 Å². The first-order valence-corrected chi connectivity index (χ1v) is 8.16. The monoisotopic (exact) mass is 316 g/mol. The van der Waals surface area contributed by atoms with Gasteiger partial charge < -0.3 is 9.47 Å². The molecule has 3 nitrogen and oxygen atoms in total. The van der Waals surface area contributed by atoms with Crippen LogP contribution in [0.5, 0.6) is 0 Å². The Morgan fingerprint density at radius 1 is 0.909 bits per heavy atom. The van der Waals surface area contributed by atoms with Crippen molar-refractivity contribution in [2.75, 3.05) is 13.2 Å². The molecule has 0 aliphatic heterocycles. The number of Topliss-reactive ketones (excluding diaryl/α,β-unsaturated/α-hetero) is 1. The molecule has 0 fully saturated rings. The van der Waals surface area contributed by atoms with Crippen molar-refractivity contribution in [1.29, 1.82) is 0 Å². The zero-order valence-corrected chi connectivity index (χ0v) is 13.6. The molecule has 0 aliphatic carbocycles. The second-order valence-corrected chi connectivity index (χ2v) is 5.69. The molecule has 4 heteroatoms. The molecule has 0 atom stereocenters. The maximum absolute atomic E-state index is 12.3. The van der Waals surface area contributed by atoms with Gasteiger partial charge in [-0.3, -0.25) is 4.79 Å². The standard InChI is InChI=1S/C18H20O3S/c1-3-20-18(21-4-2)17(19)14-10-12-16(13-11-14)22-15-8-6-5-7-9-15/h5-13,18H,3-4H2,1-2H3. The first kappa shape index (κ1) is 16.7. The van der Waals surface area contributed by atoms with E-state index in [1.54, 1.807) is 11.8 Å². The highest BCUT2D eigenvalue weighted by molar-refractivity contribution is 7.99. The largest absolute Gasteiger partial charge is 0.346 e. The average Bonchev–Trinajstić information content (AvgIpc) is 2.56. The Morgan fingerprint density at radius 3 is 2.00 bits per heavy atom. The summed E-state index contributed by atoms with van der Waals surface area (Å²) in [5, 5.41) is 0. The highest BCUT2D eigenvalue weighted by Gasteiger charge is 2.20. The maximum Gasteiger partial charge on any atom is 0.222 e. The van der Waals surface area contributed by atoms with Gasteiger partial charge in [-0.05, 0) is 38.1 Å². The van der Waals surface area contributed by atoms with Crippen LogP contribution >= 0.6 is 11.8 Å². The fourth-order valence-corrected chi connectivity index (χ4v) is 2.79. The predicted molar refractivity (Wildman–Crippen MR) is 88.4 cm³/mol. The maximum atomic E-state index is 12.3. The third kappa shape index (κ3) is 4.70. The summed E-state index contributed by atoms with van der Waals surface area (Å²) in [6, 6.07) is 17.7. The molecule has 2 aromatic carbocycles. The summed E-state index contributed by atoms with van der Waals surface area (Å²) >= 11 is 1.66. The molecule has 0 spiro atoms. The van der Waals surface area contributed by atoms with Gasteiger partial charge in [0.15, 0.2) is 0 Å². The Hall–Kier alpha value is -1.62. The number of hydrogen-bond donors (Lipinski definition) is 0. The first-order valence-electron chi connectivity index (χ1n) is 7.35. The molecule has 0 aromatic heterocycles. The Balaban J connectivity index is 2.05. The SMILES string of the molecule is CCOC(OCC)C(=O)c1ccc(Sc2ccccc2)cc1. The third-order valence-corrected chi connectivity index (χ3v) is 3.98. The molecule has 2 aromatic rings. The van der Waals surface area contributed by atoms with Crippen LogP contribution in [0.15, 0.2) is 64.4 Å². The van der Waals surface area contributed by atoms with Crippen LogP contribution < -0.4 is 0 Å². The van der Waals surface area contributed by atoms with Crippen LogP contribution in [-0.2, 0) is 9.47 Å². The van der Waals surface area contributed by atoms with Gasteiger partial charge in [0, 0.05) is 28.6 Å². The molecule has 0 heterocycles. The van der Waals surface area contributed by atoms with E-state index in [9.17, 15) is 4.79 Å². The van der Waals surface area contributed by atoms with Gasteiger partial charge in [-0.25, -0.2) is 0 Å². The molecule has 0 radical (unpaired) electrons. The summed E-state index contributed by atoms with van der Waals surface area (Å²) in [5.41, 5.74) is 0.601. The van der Waals surface area contributed by atoms with Gasteiger partial charge in [0.1, 0.15) is 0 Å². The number of carbonyl (C=O) groups is 1. The lowest BCUT2D eigenvalue weighted by Gasteiger charge is -2.15. The van der Waals surface area contributed by atoms with Crippen molar-refractivity contribution in [2.45, 2.75) is 29.9 Å². The predicted octanol–water partition coefficient (Wildman–Crippen LogP) is 4.42. The van der Waals surface area contributed by atoms with Crippen LogP contribution in [0.25, 0.3) is 0 Å². The summed E-state index contributed by atoms with van der Waals surface area (Å²) < 4.78 is 10.7. The quantitative estimate of drug-likeness (QED) is 0.533. The Labute approximate surface area is 135 Å². The number of rotatable bonds is 8. The smallest absolute Gasteiger partial charge is 0.222 e. The highest BCUT2D eigenvalue weighted by atomic mass is 32.2. The molecule has 0 aliphatic rings. The number of ketones is 1. The zero-order chi connectivity index (χ0) is 15.8. The van der Waals surface area contributed by atoms with E-state index in [4.69, 9.17) is 9.47 Å². The summed E-state index contributed by atoms with van der Waals surface area (Å²) in [5.74, 6) is -0.139. The van der Waals surface area contributed by atoms with Gasteiger partial charge in [-0.15, -0.1) is 0 Å². The molecular formula is C18H20O3S. The molecule has 0 saturated carbocycles. The van der Waals surface area contributed by atoms with Crippen molar-refractivity contribution in [3.8, 4) is 0 Å². The van der Waals surface area contributed by atoms with Crippen molar-refractivity contribution in [1.82, 2.24) is 0 Å². The molecule has 0 unspecified atom stereocenters.